The monoisotopic (exact) mass is 378 g/mol. The van der Waals surface area contributed by atoms with Crippen molar-refractivity contribution in [3.63, 3.8) is 0 Å². The summed E-state index contributed by atoms with van der Waals surface area (Å²) in [5, 5.41) is 3.26. The smallest absolute Gasteiger partial charge is 0.236 e. The third kappa shape index (κ3) is 5.10. The van der Waals surface area contributed by atoms with E-state index in [0.717, 1.165) is 51.3 Å². The maximum absolute atomic E-state index is 12.3. The van der Waals surface area contributed by atoms with E-state index in [-0.39, 0.29) is 5.91 Å². The van der Waals surface area contributed by atoms with Crippen molar-refractivity contribution in [2.45, 2.75) is 23.7 Å². The Balaban J connectivity index is 1.77. The SMILES string of the molecule is NCC(Br)CCC(CS)N1CCN(CC2CNC2)C(=O)C1. The topological polar surface area (TPSA) is 61.6 Å². The summed E-state index contributed by atoms with van der Waals surface area (Å²) >= 11 is 8.04. The number of piperazine rings is 1. The fourth-order valence-corrected chi connectivity index (χ4v) is 3.58. The van der Waals surface area contributed by atoms with Gasteiger partial charge < -0.3 is 16.0 Å². The molecule has 21 heavy (non-hydrogen) atoms. The quantitative estimate of drug-likeness (QED) is 0.415. The fraction of sp³-hybridized carbons (Fsp3) is 0.929. The summed E-state index contributed by atoms with van der Waals surface area (Å²) in [6.45, 7) is 6.04. The Morgan fingerprint density at radius 2 is 2.14 bits per heavy atom. The largest absolute Gasteiger partial charge is 0.340 e. The number of halogens is 1. The number of hydrogen-bond acceptors (Lipinski definition) is 5. The lowest BCUT2D eigenvalue weighted by molar-refractivity contribution is -0.137. The molecule has 7 heteroatoms. The lowest BCUT2D eigenvalue weighted by Gasteiger charge is -2.41. The second-order valence-corrected chi connectivity index (χ2v) is 7.74. The molecule has 0 aromatic rings. The van der Waals surface area contributed by atoms with Gasteiger partial charge in [-0.2, -0.15) is 12.6 Å². The molecule has 0 aromatic heterocycles. The van der Waals surface area contributed by atoms with Crippen LogP contribution in [0.25, 0.3) is 0 Å². The third-order valence-electron chi connectivity index (χ3n) is 4.49. The molecule has 0 bridgehead atoms. The Bertz CT molecular complexity index is 343. The van der Waals surface area contributed by atoms with E-state index in [4.69, 9.17) is 5.73 Å². The van der Waals surface area contributed by atoms with E-state index in [9.17, 15) is 4.79 Å². The predicted molar refractivity (Wildman–Crippen MR) is 93.2 cm³/mol. The number of alkyl halides is 1. The van der Waals surface area contributed by atoms with Crippen LogP contribution < -0.4 is 11.1 Å². The van der Waals surface area contributed by atoms with Gasteiger partial charge in [-0.25, -0.2) is 0 Å². The molecule has 3 N–H and O–H groups in total. The Hall–Kier alpha value is 0.180. The number of carbonyl (C=O) groups is 1. The van der Waals surface area contributed by atoms with Crippen molar-refractivity contribution in [1.29, 1.82) is 0 Å². The highest BCUT2D eigenvalue weighted by molar-refractivity contribution is 9.09. The summed E-state index contributed by atoms with van der Waals surface area (Å²) in [4.78, 5) is 17.0. The minimum absolute atomic E-state index is 0.272. The average molecular weight is 379 g/mol. The normalized spacial score (nSPS) is 24.0. The standard InChI is InChI=1S/C14H27BrN4OS/c15-12(5-16)1-2-13(10-21)18-3-4-19(14(20)9-18)8-11-6-17-7-11/h11-13,17,21H,1-10,16H2. The van der Waals surface area contributed by atoms with E-state index in [1.54, 1.807) is 0 Å². The Kier molecular flexibility index (Phi) is 7.28. The van der Waals surface area contributed by atoms with E-state index in [2.05, 4.69) is 38.8 Å². The van der Waals surface area contributed by atoms with Crippen molar-refractivity contribution in [1.82, 2.24) is 15.1 Å². The summed E-state index contributed by atoms with van der Waals surface area (Å²) < 4.78 is 0. The molecule has 0 spiro atoms. The summed E-state index contributed by atoms with van der Waals surface area (Å²) in [5.74, 6) is 1.72. The predicted octanol–water partition coefficient (Wildman–Crippen LogP) is 0.151. The number of hydrogen-bond donors (Lipinski definition) is 3. The number of nitrogens with zero attached hydrogens (tertiary/aromatic N) is 2. The van der Waals surface area contributed by atoms with Crippen LogP contribution in [0.1, 0.15) is 12.8 Å². The molecule has 0 aliphatic carbocycles. The second-order valence-electron chi connectivity index (χ2n) is 6.08. The van der Waals surface area contributed by atoms with Gasteiger partial charge in [0.2, 0.25) is 5.91 Å². The van der Waals surface area contributed by atoms with E-state index in [0.29, 0.717) is 29.9 Å². The van der Waals surface area contributed by atoms with Gasteiger partial charge in [0.15, 0.2) is 0 Å². The lowest BCUT2D eigenvalue weighted by Crippen LogP contribution is -2.57. The number of rotatable bonds is 8. The van der Waals surface area contributed by atoms with Crippen molar-refractivity contribution >= 4 is 34.5 Å². The summed E-state index contributed by atoms with van der Waals surface area (Å²) in [5.41, 5.74) is 5.64. The maximum atomic E-state index is 12.3. The minimum atomic E-state index is 0.272. The van der Waals surface area contributed by atoms with Crippen molar-refractivity contribution in [3.8, 4) is 0 Å². The van der Waals surface area contributed by atoms with Crippen LogP contribution in [0.15, 0.2) is 0 Å². The van der Waals surface area contributed by atoms with Gasteiger partial charge in [-0.15, -0.1) is 0 Å². The van der Waals surface area contributed by atoms with E-state index >= 15 is 0 Å². The molecule has 5 nitrogen and oxygen atoms in total. The van der Waals surface area contributed by atoms with Gasteiger partial charge in [0.25, 0.3) is 0 Å². The number of carbonyl (C=O) groups excluding carboxylic acids is 1. The van der Waals surface area contributed by atoms with E-state index in [1.165, 1.54) is 0 Å². The Morgan fingerprint density at radius 1 is 1.38 bits per heavy atom. The first-order valence-electron chi connectivity index (χ1n) is 7.81. The first kappa shape index (κ1) is 17.5. The molecule has 2 aliphatic heterocycles. The van der Waals surface area contributed by atoms with Crippen LogP contribution in [0.4, 0.5) is 0 Å². The first-order valence-corrected chi connectivity index (χ1v) is 9.36. The van der Waals surface area contributed by atoms with Gasteiger partial charge in [-0.3, -0.25) is 9.69 Å². The number of amides is 1. The van der Waals surface area contributed by atoms with Gasteiger partial charge in [-0.1, -0.05) is 15.9 Å². The Labute approximate surface area is 141 Å². The van der Waals surface area contributed by atoms with E-state index < -0.39 is 0 Å². The van der Waals surface area contributed by atoms with Crippen molar-refractivity contribution in [2.75, 3.05) is 51.6 Å². The van der Waals surface area contributed by atoms with Crippen LogP contribution in [0.5, 0.6) is 0 Å². The molecule has 2 fully saturated rings. The van der Waals surface area contributed by atoms with Crippen LogP contribution >= 0.6 is 28.6 Å². The molecule has 2 unspecified atom stereocenters. The highest BCUT2D eigenvalue weighted by atomic mass is 79.9. The second kappa shape index (κ2) is 8.72. The van der Waals surface area contributed by atoms with Crippen LogP contribution in [0.2, 0.25) is 0 Å². The van der Waals surface area contributed by atoms with Gasteiger partial charge in [-0.05, 0) is 12.8 Å². The van der Waals surface area contributed by atoms with Gasteiger partial charge >= 0.3 is 0 Å². The van der Waals surface area contributed by atoms with Gasteiger partial charge in [0.1, 0.15) is 0 Å². The molecule has 1 amide bonds. The zero-order valence-corrected chi connectivity index (χ0v) is 15.0. The maximum Gasteiger partial charge on any atom is 0.236 e. The van der Waals surface area contributed by atoms with Crippen LogP contribution in [0.3, 0.4) is 0 Å². The molecule has 2 saturated heterocycles. The Morgan fingerprint density at radius 3 is 2.67 bits per heavy atom. The highest BCUT2D eigenvalue weighted by Gasteiger charge is 2.30. The molecular weight excluding hydrogens is 352 g/mol. The van der Waals surface area contributed by atoms with Crippen LogP contribution in [-0.2, 0) is 4.79 Å². The zero-order valence-electron chi connectivity index (χ0n) is 12.5. The summed E-state index contributed by atoms with van der Waals surface area (Å²) in [7, 11) is 0. The third-order valence-corrected chi connectivity index (χ3v) is 5.74. The van der Waals surface area contributed by atoms with Gasteiger partial charge in [0, 0.05) is 61.8 Å². The average Bonchev–Trinajstić information content (AvgIpc) is 2.44. The summed E-state index contributed by atoms with van der Waals surface area (Å²) in [6, 6.07) is 0.372. The van der Waals surface area contributed by atoms with E-state index in [1.807, 2.05) is 4.90 Å². The number of nitrogens with one attached hydrogen (secondary N) is 1. The number of thiol groups is 1. The molecule has 2 atom stereocenters. The van der Waals surface area contributed by atoms with Crippen molar-refractivity contribution in [3.05, 3.63) is 0 Å². The zero-order chi connectivity index (χ0) is 15.2. The number of nitrogens with two attached hydrogens (primary N) is 1. The molecule has 2 aliphatic rings. The molecule has 0 radical (unpaired) electrons. The molecular formula is C14H27BrN4OS. The van der Waals surface area contributed by atoms with Crippen molar-refractivity contribution < 1.29 is 4.79 Å². The molecule has 0 saturated carbocycles. The molecule has 2 rings (SSSR count). The molecule has 122 valence electrons. The lowest BCUT2D eigenvalue weighted by atomic mass is 10.0. The van der Waals surface area contributed by atoms with Crippen molar-refractivity contribution in [2.24, 2.45) is 11.7 Å². The first-order chi connectivity index (χ1) is 10.1. The van der Waals surface area contributed by atoms with Crippen LogP contribution in [-0.4, -0.2) is 78.1 Å². The molecule has 2 heterocycles. The van der Waals surface area contributed by atoms with Gasteiger partial charge in [0.05, 0.1) is 6.54 Å². The summed E-state index contributed by atoms with van der Waals surface area (Å²) in [6.07, 6.45) is 2.07. The van der Waals surface area contributed by atoms with Crippen LogP contribution in [0, 0.1) is 5.92 Å². The molecule has 0 aromatic carbocycles. The minimum Gasteiger partial charge on any atom is -0.340 e. The highest BCUT2D eigenvalue weighted by Crippen LogP contribution is 2.17. The fourth-order valence-electron chi connectivity index (χ4n) is 2.90.